The number of likely N-dealkylation sites (tertiary alicyclic amines) is 1. The lowest BCUT2D eigenvalue weighted by atomic mass is 9.97. The fourth-order valence-corrected chi connectivity index (χ4v) is 3.07. The number of hydrogen-bond donors (Lipinski definition) is 1. The van der Waals surface area contributed by atoms with Gasteiger partial charge in [0.2, 0.25) is 0 Å². The highest BCUT2D eigenvalue weighted by molar-refractivity contribution is 7.80. The van der Waals surface area contributed by atoms with Crippen LogP contribution in [0.5, 0.6) is 0 Å². The molecule has 4 nitrogen and oxygen atoms in total. The predicted molar refractivity (Wildman–Crippen MR) is 80.3 cm³/mol. The van der Waals surface area contributed by atoms with Gasteiger partial charge in [-0.3, -0.25) is 4.79 Å². The maximum absolute atomic E-state index is 12.6. The van der Waals surface area contributed by atoms with Crippen LogP contribution in [0.15, 0.2) is 18.2 Å². The van der Waals surface area contributed by atoms with Gasteiger partial charge >= 0.3 is 0 Å². The molecule has 1 atom stereocenters. The second kappa shape index (κ2) is 5.50. The van der Waals surface area contributed by atoms with Crippen LogP contribution in [0, 0.1) is 5.92 Å². The van der Waals surface area contributed by atoms with Gasteiger partial charge in [-0.2, -0.15) is 0 Å². The van der Waals surface area contributed by atoms with Crippen LogP contribution >= 0.6 is 12.2 Å². The SMILES string of the molecule is NC(=S)C1CCCN(C(=O)c2ccc3c(c2)COC3)C1. The zero-order valence-corrected chi connectivity index (χ0v) is 12.1. The number of carbonyl (C=O) groups excluding carboxylic acids is 1. The highest BCUT2D eigenvalue weighted by Gasteiger charge is 2.26. The van der Waals surface area contributed by atoms with Gasteiger partial charge in [-0.25, -0.2) is 0 Å². The summed E-state index contributed by atoms with van der Waals surface area (Å²) in [5.41, 5.74) is 8.76. The first-order chi connectivity index (χ1) is 9.65. The minimum Gasteiger partial charge on any atom is -0.393 e. The third-order valence-corrected chi connectivity index (χ3v) is 4.41. The van der Waals surface area contributed by atoms with Crippen molar-refractivity contribution in [2.24, 2.45) is 11.7 Å². The first kappa shape index (κ1) is 13.5. The molecule has 1 amide bonds. The van der Waals surface area contributed by atoms with Gasteiger partial charge in [0.15, 0.2) is 0 Å². The molecule has 2 N–H and O–H groups in total. The molecule has 106 valence electrons. The van der Waals surface area contributed by atoms with Crippen LogP contribution in [0.25, 0.3) is 0 Å². The summed E-state index contributed by atoms with van der Waals surface area (Å²) in [6, 6.07) is 5.83. The van der Waals surface area contributed by atoms with Gasteiger partial charge in [-0.15, -0.1) is 0 Å². The van der Waals surface area contributed by atoms with Gasteiger partial charge in [0, 0.05) is 24.6 Å². The molecular formula is C15H18N2O2S. The summed E-state index contributed by atoms with van der Waals surface area (Å²) < 4.78 is 5.39. The molecule has 0 aromatic heterocycles. The smallest absolute Gasteiger partial charge is 0.253 e. The average molecular weight is 290 g/mol. The molecule has 0 aliphatic carbocycles. The lowest BCUT2D eigenvalue weighted by Crippen LogP contribution is -2.43. The number of rotatable bonds is 2. The maximum Gasteiger partial charge on any atom is 0.253 e. The van der Waals surface area contributed by atoms with E-state index in [1.54, 1.807) is 0 Å². The van der Waals surface area contributed by atoms with Gasteiger partial charge in [-0.05, 0) is 36.1 Å². The molecule has 1 aromatic carbocycles. The monoisotopic (exact) mass is 290 g/mol. The summed E-state index contributed by atoms with van der Waals surface area (Å²) >= 11 is 5.06. The molecule has 1 fully saturated rings. The molecule has 2 aliphatic rings. The lowest BCUT2D eigenvalue weighted by Gasteiger charge is -2.32. The fraction of sp³-hybridized carbons (Fsp3) is 0.467. The minimum absolute atomic E-state index is 0.0700. The summed E-state index contributed by atoms with van der Waals surface area (Å²) in [6.07, 6.45) is 1.94. The Bertz CT molecular complexity index is 559. The summed E-state index contributed by atoms with van der Waals surface area (Å²) in [4.78, 5) is 15.0. The van der Waals surface area contributed by atoms with Crippen LogP contribution in [0.3, 0.4) is 0 Å². The van der Waals surface area contributed by atoms with Gasteiger partial charge in [0.25, 0.3) is 5.91 Å². The quantitative estimate of drug-likeness (QED) is 0.845. The molecule has 20 heavy (non-hydrogen) atoms. The number of fused-ring (bicyclic) bond motifs is 1. The Labute approximate surface area is 123 Å². The van der Waals surface area contributed by atoms with Crippen molar-refractivity contribution < 1.29 is 9.53 Å². The van der Waals surface area contributed by atoms with Crippen molar-refractivity contribution in [1.29, 1.82) is 0 Å². The van der Waals surface area contributed by atoms with Crippen LogP contribution in [0.4, 0.5) is 0 Å². The minimum atomic E-state index is 0.0700. The van der Waals surface area contributed by atoms with E-state index in [2.05, 4.69) is 0 Å². The first-order valence-electron chi connectivity index (χ1n) is 6.93. The Balaban J connectivity index is 1.76. The highest BCUT2D eigenvalue weighted by Crippen LogP contribution is 2.23. The zero-order chi connectivity index (χ0) is 14.1. The molecule has 1 saturated heterocycles. The van der Waals surface area contributed by atoms with E-state index in [-0.39, 0.29) is 11.8 Å². The van der Waals surface area contributed by atoms with E-state index < -0.39 is 0 Å². The molecule has 0 saturated carbocycles. The second-order valence-electron chi connectivity index (χ2n) is 5.47. The Kier molecular flexibility index (Phi) is 3.72. The number of benzene rings is 1. The third-order valence-electron chi connectivity index (χ3n) is 4.08. The fourth-order valence-electron chi connectivity index (χ4n) is 2.88. The summed E-state index contributed by atoms with van der Waals surface area (Å²) in [5.74, 6) is 0.223. The molecule has 3 rings (SSSR count). The van der Waals surface area contributed by atoms with E-state index in [0.29, 0.717) is 24.7 Å². The highest BCUT2D eigenvalue weighted by atomic mass is 32.1. The Morgan fingerprint density at radius 2 is 2.15 bits per heavy atom. The summed E-state index contributed by atoms with van der Waals surface area (Å²) in [7, 11) is 0. The lowest BCUT2D eigenvalue weighted by molar-refractivity contribution is 0.0703. The number of hydrogen-bond acceptors (Lipinski definition) is 3. The van der Waals surface area contributed by atoms with Crippen molar-refractivity contribution in [3.63, 3.8) is 0 Å². The van der Waals surface area contributed by atoms with E-state index >= 15 is 0 Å². The average Bonchev–Trinajstić information content (AvgIpc) is 2.94. The maximum atomic E-state index is 12.6. The molecule has 2 aliphatic heterocycles. The van der Waals surface area contributed by atoms with Crippen molar-refractivity contribution >= 4 is 23.1 Å². The molecular weight excluding hydrogens is 272 g/mol. The number of piperidine rings is 1. The van der Waals surface area contributed by atoms with Crippen molar-refractivity contribution in [3.8, 4) is 0 Å². The molecule has 1 aromatic rings. The van der Waals surface area contributed by atoms with Crippen molar-refractivity contribution in [2.75, 3.05) is 13.1 Å². The largest absolute Gasteiger partial charge is 0.393 e. The molecule has 2 heterocycles. The standard InChI is InChI=1S/C15H18N2O2S/c16-14(20)11-2-1-5-17(7-11)15(18)10-3-4-12-8-19-9-13(12)6-10/h3-4,6,11H,1-2,5,7-9H2,(H2,16,20). The van der Waals surface area contributed by atoms with Crippen LogP contribution in [-0.2, 0) is 18.0 Å². The number of amides is 1. The van der Waals surface area contributed by atoms with E-state index in [1.807, 2.05) is 23.1 Å². The van der Waals surface area contributed by atoms with Crippen LogP contribution in [-0.4, -0.2) is 28.9 Å². The summed E-state index contributed by atoms with van der Waals surface area (Å²) in [6.45, 7) is 2.68. The molecule has 5 heteroatoms. The second-order valence-corrected chi connectivity index (χ2v) is 5.94. The van der Waals surface area contributed by atoms with Gasteiger partial charge in [-0.1, -0.05) is 18.3 Å². The van der Waals surface area contributed by atoms with E-state index in [1.165, 1.54) is 5.56 Å². The molecule has 0 bridgehead atoms. The zero-order valence-electron chi connectivity index (χ0n) is 11.3. The molecule has 1 unspecified atom stereocenters. The normalized spacial score (nSPS) is 21.6. The van der Waals surface area contributed by atoms with E-state index in [9.17, 15) is 4.79 Å². The van der Waals surface area contributed by atoms with E-state index in [4.69, 9.17) is 22.7 Å². The Hall–Kier alpha value is -1.46. The van der Waals surface area contributed by atoms with Crippen LogP contribution in [0.1, 0.15) is 34.3 Å². The molecule has 0 spiro atoms. The summed E-state index contributed by atoms with van der Waals surface area (Å²) in [5, 5.41) is 0. The topological polar surface area (TPSA) is 55.6 Å². The number of ether oxygens (including phenoxy) is 1. The third kappa shape index (κ3) is 2.55. The van der Waals surface area contributed by atoms with Gasteiger partial charge < -0.3 is 15.4 Å². The number of nitrogens with two attached hydrogens (primary N) is 1. The number of carbonyl (C=O) groups is 1. The van der Waals surface area contributed by atoms with Crippen molar-refractivity contribution in [2.45, 2.75) is 26.1 Å². The van der Waals surface area contributed by atoms with Crippen molar-refractivity contribution in [3.05, 3.63) is 34.9 Å². The Morgan fingerprint density at radius 3 is 2.95 bits per heavy atom. The number of nitrogens with zero attached hydrogens (tertiary/aromatic N) is 1. The van der Waals surface area contributed by atoms with Crippen molar-refractivity contribution in [1.82, 2.24) is 4.90 Å². The molecule has 0 radical (unpaired) electrons. The first-order valence-corrected chi connectivity index (χ1v) is 7.34. The van der Waals surface area contributed by atoms with E-state index in [0.717, 1.165) is 30.5 Å². The predicted octanol–water partition coefficient (Wildman–Crippen LogP) is 1.86. The van der Waals surface area contributed by atoms with Gasteiger partial charge in [0.05, 0.1) is 18.2 Å². The van der Waals surface area contributed by atoms with Crippen LogP contribution in [0.2, 0.25) is 0 Å². The number of thiocarbonyl (C=S) groups is 1. The van der Waals surface area contributed by atoms with Crippen LogP contribution < -0.4 is 5.73 Å². The van der Waals surface area contributed by atoms with Gasteiger partial charge in [0.1, 0.15) is 0 Å². The Morgan fingerprint density at radius 1 is 1.35 bits per heavy atom.